The Labute approximate surface area is 86.8 Å². The highest BCUT2D eigenvalue weighted by Gasteiger charge is 2.25. The topological polar surface area (TPSA) is 41.5 Å². The van der Waals surface area contributed by atoms with Crippen molar-refractivity contribution in [1.82, 2.24) is 5.32 Å². The zero-order valence-electron chi connectivity index (χ0n) is 9.55. The molecule has 1 fully saturated rings. The Morgan fingerprint density at radius 3 is 2.64 bits per heavy atom. The van der Waals surface area contributed by atoms with Crippen molar-refractivity contribution in [3.63, 3.8) is 0 Å². The van der Waals surface area contributed by atoms with E-state index in [4.69, 9.17) is 4.74 Å². The predicted octanol–water partition coefficient (Wildman–Crippen LogP) is 1.30. The maximum Gasteiger partial charge on any atom is 0.0704 e. The Morgan fingerprint density at radius 2 is 2.21 bits per heavy atom. The fourth-order valence-corrected chi connectivity index (χ4v) is 1.69. The molecule has 14 heavy (non-hydrogen) atoms. The summed E-state index contributed by atoms with van der Waals surface area (Å²) in [5, 5.41) is 12.6. The van der Waals surface area contributed by atoms with Crippen molar-refractivity contribution in [2.45, 2.75) is 57.8 Å². The molecule has 0 saturated carbocycles. The molecule has 0 aromatic carbocycles. The normalized spacial score (nSPS) is 31.7. The highest BCUT2D eigenvalue weighted by Crippen LogP contribution is 2.19. The van der Waals surface area contributed by atoms with Gasteiger partial charge in [-0.05, 0) is 33.1 Å². The minimum Gasteiger partial charge on any atom is -0.394 e. The van der Waals surface area contributed by atoms with E-state index in [1.54, 1.807) is 0 Å². The molecule has 1 heterocycles. The van der Waals surface area contributed by atoms with E-state index < -0.39 is 0 Å². The van der Waals surface area contributed by atoms with Gasteiger partial charge >= 0.3 is 0 Å². The quantitative estimate of drug-likeness (QED) is 0.704. The van der Waals surface area contributed by atoms with Gasteiger partial charge in [-0.2, -0.15) is 0 Å². The number of aliphatic hydroxyl groups excluding tert-OH is 1. The molecule has 3 nitrogen and oxygen atoms in total. The molecule has 1 aliphatic heterocycles. The lowest BCUT2D eigenvalue weighted by Gasteiger charge is -2.28. The second-order valence-corrected chi connectivity index (χ2v) is 4.60. The van der Waals surface area contributed by atoms with Gasteiger partial charge in [0.1, 0.15) is 0 Å². The molecule has 0 aliphatic carbocycles. The van der Waals surface area contributed by atoms with Crippen molar-refractivity contribution in [3.05, 3.63) is 0 Å². The van der Waals surface area contributed by atoms with Gasteiger partial charge in [0.25, 0.3) is 0 Å². The first-order valence-electron chi connectivity index (χ1n) is 5.61. The second-order valence-electron chi connectivity index (χ2n) is 4.60. The summed E-state index contributed by atoms with van der Waals surface area (Å²) in [7, 11) is 0. The van der Waals surface area contributed by atoms with Crippen molar-refractivity contribution in [2.24, 2.45) is 0 Å². The highest BCUT2D eigenvalue weighted by molar-refractivity contribution is 4.83. The van der Waals surface area contributed by atoms with Crippen LogP contribution in [-0.2, 0) is 4.74 Å². The molecule has 0 spiro atoms. The first kappa shape index (κ1) is 12.0. The third kappa shape index (κ3) is 3.23. The standard InChI is InChI=1S/C11H23NO2/c1-4-11(3,8-13)12-7-10-6-5-9(2)14-10/h9-10,12-13H,4-8H2,1-3H3. The molecule has 84 valence electrons. The van der Waals surface area contributed by atoms with E-state index in [-0.39, 0.29) is 12.1 Å². The van der Waals surface area contributed by atoms with E-state index in [0.29, 0.717) is 12.2 Å². The lowest BCUT2D eigenvalue weighted by molar-refractivity contribution is 0.0465. The van der Waals surface area contributed by atoms with Crippen LogP contribution in [-0.4, -0.2) is 36.0 Å². The number of aliphatic hydroxyl groups is 1. The van der Waals surface area contributed by atoms with E-state index >= 15 is 0 Å². The molecule has 3 unspecified atom stereocenters. The van der Waals surface area contributed by atoms with Crippen LogP contribution in [0.15, 0.2) is 0 Å². The van der Waals surface area contributed by atoms with Crippen LogP contribution in [0.5, 0.6) is 0 Å². The fraction of sp³-hybridized carbons (Fsp3) is 1.00. The number of nitrogens with one attached hydrogen (secondary N) is 1. The monoisotopic (exact) mass is 201 g/mol. The van der Waals surface area contributed by atoms with Crippen molar-refractivity contribution >= 4 is 0 Å². The summed E-state index contributed by atoms with van der Waals surface area (Å²) >= 11 is 0. The van der Waals surface area contributed by atoms with Gasteiger partial charge in [-0.15, -0.1) is 0 Å². The van der Waals surface area contributed by atoms with Crippen LogP contribution in [0.4, 0.5) is 0 Å². The van der Waals surface area contributed by atoms with Crippen molar-refractivity contribution < 1.29 is 9.84 Å². The fourth-order valence-electron chi connectivity index (χ4n) is 1.69. The molecule has 0 amide bonds. The van der Waals surface area contributed by atoms with Crippen LogP contribution in [0.2, 0.25) is 0 Å². The van der Waals surface area contributed by atoms with Crippen molar-refractivity contribution in [3.8, 4) is 0 Å². The maximum absolute atomic E-state index is 9.21. The molecule has 1 saturated heterocycles. The zero-order chi connectivity index (χ0) is 10.6. The van der Waals surface area contributed by atoms with Gasteiger partial charge in [-0.3, -0.25) is 0 Å². The van der Waals surface area contributed by atoms with Gasteiger partial charge in [0.05, 0.1) is 18.8 Å². The average Bonchev–Trinajstić information content (AvgIpc) is 2.61. The summed E-state index contributed by atoms with van der Waals surface area (Å²) in [5.74, 6) is 0. The van der Waals surface area contributed by atoms with Crippen LogP contribution in [0.1, 0.15) is 40.0 Å². The van der Waals surface area contributed by atoms with Crippen LogP contribution in [0, 0.1) is 0 Å². The van der Waals surface area contributed by atoms with Crippen LogP contribution in [0.3, 0.4) is 0 Å². The van der Waals surface area contributed by atoms with E-state index in [9.17, 15) is 5.11 Å². The largest absolute Gasteiger partial charge is 0.394 e. The Balaban J connectivity index is 2.25. The average molecular weight is 201 g/mol. The smallest absolute Gasteiger partial charge is 0.0704 e. The Hall–Kier alpha value is -0.120. The van der Waals surface area contributed by atoms with E-state index in [0.717, 1.165) is 25.8 Å². The third-order valence-electron chi connectivity index (χ3n) is 3.21. The number of hydrogen-bond donors (Lipinski definition) is 2. The predicted molar refractivity (Wildman–Crippen MR) is 57.4 cm³/mol. The molecule has 0 aromatic heterocycles. The summed E-state index contributed by atoms with van der Waals surface area (Å²) in [4.78, 5) is 0. The van der Waals surface area contributed by atoms with E-state index in [1.165, 1.54) is 0 Å². The van der Waals surface area contributed by atoms with Gasteiger partial charge in [-0.25, -0.2) is 0 Å². The van der Waals surface area contributed by atoms with Crippen LogP contribution in [0.25, 0.3) is 0 Å². The van der Waals surface area contributed by atoms with E-state index in [2.05, 4.69) is 19.2 Å². The molecular formula is C11H23NO2. The van der Waals surface area contributed by atoms with Gasteiger partial charge in [0, 0.05) is 12.1 Å². The molecular weight excluding hydrogens is 178 g/mol. The molecule has 3 atom stereocenters. The Kier molecular flexibility index (Phi) is 4.35. The van der Waals surface area contributed by atoms with Gasteiger partial charge < -0.3 is 15.2 Å². The number of hydrogen-bond acceptors (Lipinski definition) is 3. The van der Waals surface area contributed by atoms with Crippen LogP contribution >= 0.6 is 0 Å². The molecule has 1 aliphatic rings. The summed E-state index contributed by atoms with van der Waals surface area (Å²) in [6.07, 6.45) is 3.98. The molecule has 2 N–H and O–H groups in total. The minimum absolute atomic E-state index is 0.144. The zero-order valence-corrected chi connectivity index (χ0v) is 9.55. The van der Waals surface area contributed by atoms with Crippen molar-refractivity contribution in [2.75, 3.05) is 13.2 Å². The first-order valence-corrected chi connectivity index (χ1v) is 5.61. The third-order valence-corrected chi connectivity index (χ3v) is 3.21. The Morgan fingerprint density at radius 1 is 1.50 bits per heavy atom. The molecule has 0 radical (unpaired) electrons. The van der Waals surface area contributed by atoms with Gasteiger partial charge in [0.2, 0.25) is 0 Å². The first-order chi connectivity index (χ1) is 6.59. The summed E-state index contributed by atoms with van der Waals surface area (Å²) < 4.78 is 5.70. The molecule has 1 rings (SSSR count). The lowest BCUT2D eigenvalue weighted by Crippen LogP contribution is -2.48. The van der Waals surface area contributed by atoms with Crippen LogP contribution < -0.4 is 5.32 Å². The Bertz CT molecular complexity index is 169. The maximum atomic E-state index is 9.21. The summed E-state index contributed by atoms with van der Waals surface area (Å²) in [6, 6.07) is 0. The summed E-state index contributed by atoms with van der Waals surface area (Å²) in [6.45, 7) is 7.29. The lowest BCUT2D eigenvalue weighted by atomic mass is 10.00. The summed E-state index contributed by atoms with van der Waals surface area (Å²) in [5.41, 5.74) is -0.144. The highest BCUT2D eigenvalue weighted by atomic mass is 16.5. The van der Waals surface area contributed by atoms with Crippen molar-refractivity contribution in [1.29, 1.82) is 0 Å². The minimum atomic E-state index is -0.144. The number of ether oxygens (including phenoxy) is 1. The van der Waals surface area contributed by atoms with E-state index in [1.807, 2.05) is 6.92 Å². The molecule has 3 heteroatoms. The van der Waals surface area contributed by atoms with Gasteiger partial charge in [0.15, 0.2) is 0 Å². The van der Waals surface area contributed by atoms with Gasteiger partial charge in [-0.1, -0.05) is 6.92 Å². The molecule has 0 aromatic rings. The SMILES string of the molecule is CCC(C)(CO)NCC1CCC(C)O1. The number of rotatable bonds is 5. The second kappa shape index (κ2) is 5.10. The molecule has 0 bridgehead atoms.